The molecule has 0 aromatic heterocycles. The summed E-state index contributed by atoms with van der Waals surface area (Å²) in [5.41, 5.74) is 0. The number of aliphatic hydroxyl groups excluding tert-OH is 7. The van der Waals surface area contributed by atoms with Gasteiger partial charge in [0.15, 0.2) is 6.29 Å². The number of hydrogen-bond donors (Lipinski definition) is 8. The fraction of sp³-hybridized carbons (Fsp3) is 0.979. The van der Waals surface area contributed by atoms with E-state index in [0.29, 0.717) is 19.3 Å². The van der Waals surface area contributed by atoms with Crippen molar-refractivity contribution >= 4 is 5.91 Å². The van der Waals surface area contributed by atoms with Crippen molar-refractivity contribution in [3.63, 3.8) is 0 Å². The predicted octanol–water partition coefficient (Wildman–Crippen LogP) is 8.53. The summed E-state index contributed by atoms with van der Waals surface area (Å²) in [7, 11) is 0. The van der Waals surface area contributed by atoms with E-state index >= 15 is 0 Å². The second kappa shape index (κ2) is 37.6. The maximum Gasteiger partial charge on any atom is 0.249 e. The molecule has 352 valence electrons. The van der Waals surface area contributed by atoms with Crippen molar-refractivity contribution in [2.45, 2.75) is 281 Å². The van der Waals surface area contributed by atoms with E-state index < -0.39 is 74.2 Å². The van der Waals surface area contributed by atoms with Gasteiger partial charge in [-0.3, -0.25) is 4.79 Å². The molecule has 8 N–H and O–H groups in total. The topological polar surface area (TPSA) is 189 Å². The first-order chi connectivity index (χ1) is 28.6. The first kappa shape index (κ1) is 56.1. The highest BCUT2D eigenvalue weighted by Gasteiger charge is 2.44. The van der Waals surface area contributed by atoms with Crippen LogP contribution in [0, 0.1) is 5.92 Å². The molecule has 11 nitrogen and oxygen atoms in total. The van der Waals surface area contributed by atoms with E-state index in [9.17, 15) is 40.5 Å². The Morgan fingerprint density at radius 3 is 1.41 bits per heavy atom. The van der Waals surface area contributed by atoms with Crippen LogP contribution in [0.5, 0.6) is 0 Å². The second-order valence-corrected chi connectivity index (χ2v) is 18.1. The Bertz CT molecular complexity index is 943. The van der Waals surface area contributed by atoms with Crippen LogP contribution in [-0.4, -0.2) is 110 Å². The molecule has 10 atom stereocenters. The number of hydrogen-bond acceptors (Lipinski definition) is 10. The van der Waals surface area contributed by atoms with E-state index in [1.165, 1.54) is 141 Å². The summed E-state index contributed by atoms with van der Waals surface area (Å²) in [5.74, 6) is 0.135. The zero-order valence-corrected chi connectivity index (χ0v) is 38.2. The maximum atomic E-state index is 13.1. The third-order valence-electron chi connectivity index (χ3n) is 12.7. The van der Waals surface area contributed by atoms with Gasteiger partial charge in [0.05, 0.1) is 25.4 Å². The largest absolute Gasteiger partial charge is 0.394 e. The predicted molar refractivity (Wildman–Crippen MR) is 238 cm³/mol. The highest BCUT2D eigenvalue weighted by atomic mass is 16.7. The van der Waals surface area contributed by atoms with Gasteiger partial charge < -0.3 is 50.5 Å². The highest BCUT2D eigenvalue weighted by molar-refractivity contribution is 5.80. The van der Waals surface area contributed by atoms with Crippen LogP contribution in [0.4, 0.5) is 0 Å². The Balaban J connectivity index is 2.40. The molecule has 0 aliphatic carbocycles. The maximum absolute atomic E-state index is 13.1. The lowest BCUT2D eigenvalue weighted by Gasteiger charge is -2.40. The Hall–Kier alpha value is -0.890. The van der Waals surface area contributed by atoms with Crippen LogP contribution in [0.3, 0.4) is 0 Å². The van der Waals surface area contributed by atoms with Crippen molar-refractivity contribution in [1.82, 2.24) is 5.32 Å². The van der Waals surface area contributed by atoms with E-state index in [1.54, 1.807) is 0 Å². The Kier molecular flexibility index (Phi) is 35.8. The summed E-state index contributed by atoms with van der Waals surface area (Å²) in [6.45, 7) is 5.80. The van der Waals surface area contributed by atoms with Gasteiger partial charge in [0, 0.05) is 0 Å². The van der Waals surface area contributed by atoms with Gasteiger partial charge in [-0.25, -0.2) is 0 Å². The number of unbranched alkanes of at least 4 members (excludes halogenated alkanes) is 26. The Morgan fingerprint density at radius 2 is 0.983 bits per heavy atom. The Morgan fingerprint density at radius 1 is 0.576 bits per heavy atom. The van der Waals surface area contributed by atoms with Crippen LogP contribution in [0.2, 0.25) is 0 Å². The molecule has 0 radical (unpaired) electrons. The van der Waals surface area contributed by atoms with E-state index in [4.69, 9.17) is 9.47 Å². The molecule has 1 amide bonds. The number of ether oxygens (including phenoxy) is 2. The van der Waals surface area contributed by atoms with Crippen molar-refractivity contribution in [3.8, 4) is 0 Å². The molecule has 1 heterocycles. The van der Waals surface area contributed by atoms with E-state index in [0.717, 1.165) is 44.4 Å². The van der Waals surface area contributed by atoms with E-state index in [2.05, 4.69) is 26.1 Å². The summed E-state index contributed by atoms with van der Waals surface area (Å²) >= 11 is 0. The fourth-order valence-electron chi connectivity index (χ4n) is 8.18. The second-order valence-electron chi connectivity index (χ2n) is 18.1. The van der Waals surface area contributed by atoms with Gasteiger partial charge in [0.1, 0.15) is 36.6 Å². The Labute approximate surface area is 360 Å². The molecule has 59 heavy (non-hydrogen) atoms. The summed E-state index contributed by atoms with van der Waals surface area (Å²) < 4.78 is 11.1. The van der Waals surface area contributed by atoms with Crippen molar-refractivity contribution in [1.29, 1.82) is 0 Å². The molecular formula is C48H95NO10. The molecule has 1 aliphatic heterocycles. The lowest BCUT2D eigenvalue weighted by Crippen LogP contribution is -2.60. The molecule has 1 saturated heterocycles. The monoisotopic (exact) mass is 846 g/mol. The van der Waals surface area contributed by atoms with Gasteiger partial charge in [-0.05, 0) is 18.8 Å². The van der Waals surface area contributed by atoms with Gasteiger partial charge in [-0.1, -0.05) is 213 Å². The lowest BCUT2D eigenvalue weighted by molar-refractivity contribution is -0.303. The number of carbonyl (C=O) groups excluding carboxylic acids is 1. The SMILES string of the molecule is CCCCCCCCCCCCCCCCCCCC[C@@H](O)C(=O)N[C@@H](CO[C@@H]1O[C@H](CO)[C@@H](O)[C@H](O)[C@H]1O)[C@H](O)[C@H](O)CCCCCCCCCCCCC(C)CC. The molecule has 1 aliphatic rings. The standard InChI is InChI=1S/C48H95NO10/c1-4-6-7-8-9-10-11-12-13-14-15-16-17-18-23-26-29-32-35-41(52)47(57)49-39(37-58-48-46(56)45(55)44(54)42(36-50)59-48)43(53)40(51)34-31-28-25-22-20-19-21-24-27-30-33-38(3)5-2/h38-46,48,50-56H,4-37H2,1-3H3,(H,49,57)/t38?,39-,40+,41+,42+,43-,44+,45-,46+,48+/m0/s1. The number of rotatable bonds is 41. The molecule has 1 fully saturated rings. The van der Waals surface area contributed by atoms with Crippen molar-refractivity contribution in [2.24, 2.45) is 5.92 Å². The summed E-state index contributed by atoms with van der Waals surface area (Å²) in [6, 6.07) is -1.16. The smallest absolute Gasteiger partial charge is 0.249 e. The first-order valence-corrected chi connectivity index (χ1v) is 24.8. The molecule has 0 spiro atoms. The van der Waals surface area contributed by atoms with Crippen LogP contribution >= 0.6 is 0 Å². The first-order valence-electron chi connectivity index (χ1n) is 24.8. The van der Waals surface area contributed by atoms with Gasteiger partial charge in [0.25, 0.3) is 0 Å². The molecule has 1 unspecified atom stereocenters. The van der Waals surface area contributed by atoms with Gasteiger partial charge >= 0.3 is 0 Å². The normalized spacial score (nSPS) is 22.2. The number of amides is 1. The van der Waals surface area contributed by atoms with Crippen LogP contribution in [0.15, 0.2) is 0 Å². The van der Waals surface area contributed by atoms with Gasteiger partial charge in [0.2, 0.25) is 5.91 Å². The zero-order valence-electron chi connectivity index (χ0n) is 38.2. The van der Waals surface area contributed by atoms with Crippen LogP contribution in [0.25, 0.3) is 0 Å². The summed E-state index contributed by atoms with van der Waals surface area (Å²) in [4.78, 5) is 13.1. The fourth-order valence-corrected chi connectivity index (χ4v) is 8.18. The number of aliphatic hydroxyl groups is 7. The third-order valence-corrected chi connectivity index (χ3v) is 12.7. The van der Waals surface area contributed by atoms with Crippen molar-refractivity contribution in [3.05, 3.63) is 0 Å². The van der Waals surface area contributed by atoms with Gasteiger partial charge in [-0.15, -0.1) is 0 Å². The van der Waals surface area contributed by atoms with Crippen molar-refractivity contribution < 1.29 is 50.0 Å². The third kappa shape index (κ3) is 27.7. The minimum absolute atomic E-state index is 0.266. The zero-order chi connectivity index (χ0) is 43.5. The molecule has 0 aromatic rings. The lowest BCUT2D eigenvalue weighted by atomic mass is 9.98. The highest BCUT2D eigenvalue weighted by Crippen LogP contribution is 2.23. The average Bonchev–Trinajstić information content (AvgIpc) is 3.24. The van der Waals surface area contributed by atoms with Gasteiger partial charge in [-0.2, -0.15) is 0 Å². The average molecular weight is 846 g/mol. The number of carbonyl (C=O) groups is 1. The summed E-state index contributed by atoms with van der Waals surface area (Å²) in [6.07, 6.45) is 25.7. The van der Waals surface area contributed by atoms with Crippen LogP contribution in [0.1, 0.15) is 226 Å². The van der Waals surface area contributed by atoms with Crippen molar-refractivity contribution in [2.75, 3.05) is 13.2 Å². The summed E-state index contributed by atoms with van der Waals surface area (Å²) in [5, 5.41) is 75.8. The molecule has 11 heteroatoms. The number of nitrogens with one attached hydrogen (secondary N) is 1. The minimum atomic E-state index is -1.66. The molecule has 1 rings (SSSR count). The molecule has 0 aromatic carbocycles. The molecule has 0 bridgehead atoms. The van der Waals surface area contributed by atoms with Crippen LogP contribution < -0.4 is 5.32 Å². The van der Waals surface area contributed by atoms with Crippen LogP contribution in [-0.2, 0) is 14.3 Å². The minimum Gasteiger partial charge on any atom is -0.394 e. The van der Waals surface area contributed by atoms with E-state index in [-0.39, 0.29) is 6.42 Å². The molecule has 0 saturated carbocycles. The van der Waals surface area contributed by atoms with E-state index in [1.807, 2.05) is 0 Å². The molecular weight excluding hydrogens is 751 g/mol. The quantitative estimate of drug-likeness (QED) is 0.0277.